The summed E-state index contributed by atoms with van der Waals surface area (Å²) in [7, 11) is 0. The minimum absolute atomic E-state index is 0.193. The van der Waals surface area contributed by atoms with Gasteiger partial charge in [-0.3, -0.25) is 4.98 Å². The molecular formula is C24H17Cl2F2N3S. The van der Waals surface area contributed by atoms with E-state index in [4.69, 9.17) is 23.2 Å². The molecule has 0 aliphatic rings. The third-order valence-corrected chi connectivity index (χ3v) is 6.55. The Balaban J connectivity index is 1.71. The Bertz CT molecular complexity index is 1210. The Hall–Kier alpha value is -2.67. The SMILES string of the molecule is Fc1ccc(F)c(C(Sc2ccc(Cl)cc2)c2cc(NCc3ccncc3)ncc2Cl)c1. The summed E-state index contributed by atoms with van der Waals surface area (Å²) in [5.41, 5.74) is 1.84. The normalized spacial score (nSPS) is 11.9. The molecule has 0 spiro atoms. The first-order chi connectivity index (χ1) is 15.5. The Labute approximate surface area is 198 Å². The number of hydrogen-bond acceptors (Lipinski definition) is 4. The Morgan fingerprint density at radius 3 is 2.41 bits per heavy atom. The Morgan fingerprint density at radius 2 is 1.66 bits per heavy atom. The van der Waals surface area contributed by atoms with Gasteiger partial charge in [-0.2, -0.15) is 0 Å². The van der Waals surface area contributed by atoms with E-state index in [-0.39, 0.29) is 5.56 Å². The fourth-order valence-corrected chi connectivity index (χ4v) is 4.70. The van der Waals surface area contributed by atoms with Crippen LogP contribution in [0.5, 0.6) is 0 Å². The van der Waals surface area contributed by atoms with Gasteiger partial charge in [0, 0.05) is 40.6 Å². The van der Waals surface area contributed by atoms with Gasteiger partial charge in [0.15, 0.2) is 0 Å². The second-order valence-corrected chi connectivity index (χ2v) is 8.94. The lowest BCUT2D eigenvalue weighted by molar-refractivity contribution is 0.587. The van der Waals surface area contributed by atoms with Crippen LogP contribution in [-0.4, -0.2) is 9.97 Å². The van der Waals surface area contributed by atoms with Crippen molar-refractivity contribution in [3.05, 3.63) is 118 Å². The molecule has 0 amide bonds. The van der Waals surface area contributed by atoms with E-state index in [9.17, 15) is 8.78 Å². The molecule has 0 aliphatic carbocycles. The first-order valence-electron chi connectivity index (χ1n) is 9.65. The van der Waals surface area contributed by atoms with Crippen molar-refractivity contribution in [2.75, 3.05) is 5.32 Å². The highest BCUT2D eigenvalue weighted by Crippen LogP contribution is 2.44. The van der Waals surface area contributed by atoms with Gasteiger partial charge in [0.2, 0.25) is 0 Å². The third-order valence-electron chi connectivity index (χ3n) is 4.70. The summed E-state index contributed by atoms with van der Waals surface area (Å²) in [4.78, 5) is 9.18. The van der Waals surface area contributed by atoms with Crippen LogP contribution in [-0.2, 0) is 6.54 Å². The summed E-state index contributed by atoms with van der Waals surface area (Å²) in [5, 5.41) is 3.58. The number of aromatic nitrogens is 2. The standard InChI is InChI=1S/C24H17Cl2F2N3S/c25-16-1-4-18(5-2-16)32-24(20-11-17(27)3-6-22(20)28)19-12-23(31-14-21(19)26)30-13-15-7-9-29-10-8-15/h1-12,14,24H,13H2,(H,30,31). The van der Waals surface area contributed by atoms with Crippen LogP contribution >= 0.6 is 35.0 Å². The topological polar surface area (TPSA) is 37.8 Å². The zero-order valence-electron chi connectivity index (χ0n) is 16.6. The monoisotopic (exact) mass is 487 g/mol. The van der Waals surface area contributed by atoms with Gasteiger partial charge >= 0.3 is 0 Å². The van der Waals surface area contributed by atoms with E-state index in [1.165, 1.54) is 24.0 Å². The summed E-state index contributed by atoms with van der Waals surface area (Å²) in [6, 6.07) is 16.1. The van der Waals surface area contributed by atoms with E-state index < -0.39 is 16.9 Å². The molecule has 1 atom stereocenters. The van der Waals surface area contributed by atoms with E-state index in [1.54, 1.807) is 30.6 Å². The molecule has 0 saturated carbocycles. The van der Waals surface area contributed by atoms with E-state index in [0.717, 1.165) is 22.6 Å². The second-order valence-electron chi connectivity index (χ2n) is 6.92. The van der Waals surface area contributed by atoms with Crippen LogP contribution in [0.15, 0.2) is 84.1 Å². The molecule has 3 nitrogen and oxygen atoms in total. The van der Waals surface area contributed by atoms with E-state index in [1.807, 2.05) is 24.3 Å². The van der Waals surface area contributed by atoms with Crippen LogP contribution in [0, 0.1) is 11.6 Å². The van der Waals surface area contributed by atoms with Crippen molar-refractivity contribution < 1.29 is 8.78 Å². The Kier molecular flexibility index (Phi) is 7.25. The Morgan fingerprint density at radius 1 is 0.906 bits per heavy atom. The molecule has 162 valence electrons. The van der Waals surface area contributed by atoms with Gasteiger partial charge in [-0.05, 0) is 71.8 Å². The van der Waals surface area contributed by atoms with Gasteiger partial charge in [-0.25, -0.2) is 13.8 Å². The minimum atomic E-state index is -0.608. The van der Waals surface area contributed by atoms with Crippen LogP contribution in [0.25, 0.3) is 0 Å². The lowest BCUT2D eigenvalue weighted by atomic mass is 10.0. The number of benzene rings is 2. The van der Waals surface area contributed by atoms with Crippen molar-refractivity contribution >= 4 is 40.8 Å². The lowest BCUT2D eigenvalue weighted by Gasteiger charge is -2.20. The van der Waals surface area contributed by atoms with Crippen LogP contribution in [0.1, 0.15) is 21.9 Å². The average molecular weight is 488 g/mol. The molecule has 0 bridgehead atoms. The number of hydrogen-bond donors (Lipinski definition) is 1. The van der Waals surface area contributed by atoms with E-state index in [0.29, 0.717) is 28.0 Å². The zero-order valence-corrected chi connectivity index (χ0v) is 18.9. The number of nitrogens with zero attached hydrogens (tertiary/aromatic N) is 2. The first kappa shape index (κ1) is 22.5. The number of rotatable bonds is 7. The summed E-state index contributed by atoms with van der Waals surface area (Å²) in [5.74, 6) is -0.471. The molecule has 8 heteroatoms. The number of nitrogens with one attached hydrogen (secondary N) is 1. The van der Waals surface area contributed by atoms with Crippen LogP contribution in [0.2, 0.25) is 10.0 Å². The van der Waals surface area contributed by atoms with Crippen LogP contribution < -0.4 is 5.32 Å². The van der Waals surface area contributed by atoms with Gasteiger partial charge in [0.25, 0.3) is 0 Å². The molecule has 4 rings (SSSR count). The quantitative estimate of drug-likeness (QED) is 0.273. The molecule has 2 heterocycles. The second kappa shape index (κ2) is 10.3. The average Bonchev–Trinajstić information content (AvgIpc) is 2.81. The number of pyridine rings is 2. The van der Waals surface area contributed by atoms with Crippen molar-refractivity contribution in [3.8, 4) is 0 Å². The molecule has 1 unspecified atom stereocenters. The molecule has 1 N–H and O–H groups in total. The summed E-state index contributed by atoms with van der Waals surface area (Å²) in [6.07, 6.45) is 4.94. The maximum atomic E-state index is 14.8. The third kappa shape index (κ3) is 5.57. The molecule has 2 aromatic carbocycles. The molecule has 0 radical (unpaired) electrons. The maximum absolute atomic E-state index is 14.8. The van der Waals surface area contributed by atoms with Crippen molar-refractivity contribution in [2.45, 2.75) is 16.7 Å². The molecule has 0 saturated heterocycles. The maximum Gasteiger partial charge on any atom is 0.128 e. The molecule has 32 heavy (non-hydrogen) atoms. The predicted octanol–water partition coefficient (Wildman–Crippen LogP) is 7.56. The minimum Gasteiger partial charge on any atom is -0.366 e. The summed E-state index contributed by atoms with van der Waals surface area (Å²) >= 11 is 13.8. The molecule has 0 aliphatic heterocycles. The summed E-state index contributed by atoms with van der Waals surface area (Å²) in [6.45, 7) is 0.528. The van der Waals surface area contributed by atoms with Crippen molar-refractivity contribution in [1.82, 2.24) is 9.97 Å². The number of halogens is 4. The largest absolute Gasteiger partial charge is 0.366 e. The van der Waals surface area contributed by atoms with E-state index in [2.05, 4.69) is 15.3 Å². The number of thioether (sulfide) groups is 1. The first-order valence-corrected chi connectivity index (χ1v) is 11.3. The highest BCUT2D eigenvalue weighted by molar-refractivity contribution is 7.99. The smallest absolute Gasteiger partial charge is 0.128 e. The predicted molar refractivity (Wildman–Crippen MR) is 126 cm³/mol. The van der Waals surface area contributed by atoms with Gasteiger partial charge < -0.3 is 5.32 Å². The van der Waals surface area contributed by atoms with Crippen LogP contribution in [0.4, 0.5) is 14.6 Å². The number of anilines is 1. The highest BCUT2D eigenvalue weighted by atomic mass is 35.5. The van der Waals surface area contributed by atoms with Gasteiger partial charge in [-0.15, -0.1) is 11.8 Å². The summed E-state index contributed by atoms with van der Waals surface area (Å²) < 4.78 is 28.8. The highest BCUT2D eigenvalue weighted by Gasteiger charge is 2.23. The van der Waals surface area contributed by atoms with E-state index >= 15 is 0 Å². The van der Waals surface area contributed by atoms with Crippen molar-refractivity contribution in [2.24, 2.45) is 0 Å². The van der Waals surface area contributed by atoms with Gasteiger partial charge in [-0.1, -0.05) is 23.2 Å². The van der Waals surface area contributed by atoms with Crippen molar-refractivity contribution in [3.63, 3.8) is 0 Å². The van der Waals surface area contributed by atoms with Crippen LogP contribution in [0.3, 0.4) is 0 Å². The lowest BCUT2D eigenvalue weighted by Crippen LogP contribution is -2.06. The van der Waals surface area contributed by atoms with Gasteiger partial charge in [0.1, 0.15) is 17.5 Å². The van der Waals surface area contributed by atoms with Crippen molar-refractivity contribution in [1.29, 1.82) is 0 Å². The zero-order chi connectivity index (χ0) is 22.5. The van der Waals surface area contributed by atoms with Gasteiger partial charge in [0.05, 0.1) is 10.3 Å². The molecule has 0 fully saturated rings. The molecular weight excluding hydrogens is 471 g/mol. The fraction of sp³-hybridized carbons (Fsp3) is 0.0833. The molecule has 4 aromatic rings. The fourth-order valence-electron chi connectivity index (χ4n) is 3.10. The molecule has 2 aromatic heterocycles.